The van der Waals surface area contributed by atoms with Crippen LogP contribution in [0, 0.1) is 0 Å². The Morgan fingerprint density at radius 2 is 1.79 bits per heavy atom. The van der Waals surface area contributed by atoms with E-state index in [-0.39, 0.29) is 5.56 Å². The highest BCUT2D eigenvalue weighted by Crippen LogP contribution is 2.37. The average molecular weight is 373 g/mol. The second-order valence-electron chi connectivity index (χ2n) is 7.67. The predicted octanol–water partition coefficient (Wildman–Crippen LogP) is 4.00. The zero-order valence-corrected chi connectivity index (χ0v) is 15.7. The number of para-hydroxylation sites is 1. The molecule has 1 N–H and O–H groups in total. The number of hydrogen-bond donors (Lipinski definition) is 1. The lowest BCUT2D eigenvalue weighted by atomic mass is 10.1. The van der Waals surface area contributed by atoms with Crippen LogP contribution in [0.25, 0.3) is 0 Å². The van der Waals surface area contributed by atoms with E-state index in [9.17, 15) is 4.79 Å². The molecule has 2 aromatic carbocycles. The summed E-state index contributed by atoms with van der Waals surface area (Å²) < 4.78 is 5.85. The van der Waals surface area contributed by atoms with Gasteiger partial charge < -0.3 is 9.72 Å². The van der Waals surface area contributed by atoms with Gasteiger partial charge in [-0.3, -0.25) is 9.69 Å². The minimum absolute atomic E-state index is 0.0446. The Balaban J connectivity index is 1.25. The number of H-pyrrole nitrogens is 1. The third-order valence-electron chi connectivity index (χ3n) is 5.44. The molecule has 5 nitrogen and oxygen atoms in total. The van der Waals surface area contributed by atoms with E-state index in [1.807, 2.05) is 42.5 Å². The molecule has 2 aliphatic rings. The van der Waals surface area contributed by atoms with E-state index < -0.39 is 0 Å². The van der Waals surface area contributed by atoms with Crippen molar-refractivity contribution in [2.24, 2.45) is 0 Å². The second-order valence-corrected chi connectivity index (χ2v) is 7.67. The van der Waals surface area contributed by atoms with E-state index in [2.05, 4.69) is 22.0 Å². The van der Waals surface area contributed by atoms with Gasteiger partial charge in [0.1, 0.15) is 17.3 Å². The predicted molar refractivity (Wildman–Crippen MR) is 108 cm³/mol. The summed E-state index contributed by atoms with van der Waals surface area (Å²) in [6.45, 7) is 2.40. The highest BCUT2D eigenvalue weighted by molar-refractivity contribution is 5.33. The number of nitrogens with zero attached hydrogens (tertiary/aromatic N) is 2. The first-order valence-corrected chi connectivity index (χ1v) is 9.91. The monoisotopic (exact) mass is 373 g/mol. The van der Waals surface area contributed by atoms with Gasteiger partial charge in [0.2, 0.25) is 0 Å². The fourth-order valence-corrected chi connectivity index (χ4v) is 3.73. The van der Waals surface area contributed by atoms with Gasteiger partial charge in [0, 0.05) is 32.0 Å². The first-order valence-electron chi connectivity index (χ1n) is 9.91. The summed E-state index contributed by atoms with van der Waals surface area (Å²) in [4.78, 5) is 22.5. The van der Waals surface area contributed by atoms with Gasteiger partial charge in [-0.1, -0.05) is 30.3 Å². The summed E-state index contributed by atoms with van der Waals surface area (Å²) in [5, 5.41) is 0. The molecule has 0 saturated heterocycles. The van der Waals surface area contributed by atoms with Crippen LogP contribution >= 0.6 is 0 Å². The summed E-state index contributed by atoms with van der Waals surface area (Å²) in [6.07, 6.45) is 3.14. The summed E-state index contributed by atoms with van der Waals surface area (Å²) in [5.74, 6) is 3.03. The van der Waals surface area contributed by atoms with Gasteiger partial charge in [-0.15, -0.1) is 0 Å². The molecular weight excluding hydrogens is 350 g/mol. The van der Waals surface area contributed by atoms with Gasteiger partial charge in [0.25, 0.3) is 5.56 Å². The number of benzene rings is 2. The zero-order valence-electron chi connectivity index (χ0n) is 15.7. The molecule has 2 heterocycles. The molecule has 0 bridgehead atoms. The van der Waals surface area contributed by atoms with Gasteiger partial charge in [-0.25, -0.2) is 4.98 Å². The summed E-state index contributed by atoms with van der Waals surface area (Å²) >= 11 is 0. The van der Waals surface area contributed by atoms with E-state index >= 15 is 0 Å². The molecule has 3 aromatic rings. The van der Waals surface area contributed by atoms with Gasteiger partial charge >= 0.3 is 0 Å². The molecule has 0 atom stereocenters. The normalized spacial score (nSPS) is 16.6. The van der Waals surface area contributed by atoms with Crippen LogP contribution < -0.4 is 10.3 Å². The van der Waals surface area contributed by atoms with E-state index in [0.29, 0.717) is 12.5 Å². The van der Waals surface area contributed by atoms with Gasteiger partial charge in [-0.05, 0) is 42.7 Å². The Labute approximate surface area is 164 Å². The molecule has 1 aliphatic carbocycles. The quantitative estimate of drug-likeness (QED) is 0.734. The van der Waals surface area contributed by atoms with Crippen molar-refractivity contribution in [2.45, 2.75) is 38.3 Å². The van der Waals surface area contributed by atoms with E-state index in [0.717, 1.165) is 60.9 Å². The molecule has 142 valence electrons. The lowest BCUT2D eigenvalue weighted by Crippen LogP contribution is -2.35. The number of nitrogens with one attached hydrogen (secondary N) is 1. The highest BCUT2D eigenvalue weighted by Gasteiger charge is 2.29. The Bertz CT molecular complexity index is 1020. The van der Waals surface area contributed by atoms with Gasteiger partial charge in [0.05, 0.1) is 11.3 Å². The lowest BCUT2D eigenvalue weighted by Gasteiger charge is -2.27. The average Bonchev–Trinajstić information content (AvgIpc) is 3.56. The molecular formula is C23H23N3O2. The van der Waals surface area contributed by atoms with E-state index in [1.165, 1.54) is 5.56 Å². The fourth-order valence-electron chi connectivity index (χ4n) is 3.73. The SMILES string of the molecule is O=c1[nH]c(C2CC2)nc2c1CN(Cc1ccc(Oc3ccccc3)cc1)CC2. The maximum Gasteiger partial charge on any atom is 0.255 e. The largest absolute Gasteiger partial charge is 0.457 e. The third kappa shape index (κ3) is 3.71. The number of ether oxygens (including phenoxy) is 1. The van der Waals surface area contributed by atoms with Crippen molar-refractivity contribution < 1.29 is 4.74 Å². The number of aromatic nitrogens is 2. The lowest BCUT2D eigenvalue weighted by molar-refractivity contribution is 0.241. The van der Waals surface area contributed by atoms with Crippen molar-refractivity contribution in [3.05, 3.63) is 87.6 Å². The first-order chi connectivity index (χ1) is 13.7. The van der Waals surface area contributed by atoms with Crippen molar-refractivity contribution in [3.8, 4) is 11.5 Å². The van der Waals surface area contributed by atoms with Crippen molar-refractivity contribution in [1.29, 1.82) is 0 Å². The van der Waals surface area contributed by atoms with Crippen LogP contribution in [0.3, 0.4) is 0 Å². The summed E-state index contributed by atoms with van der Waals surface area (Å²) in [5.41, 5.74) is 3.08. The smallest absolute Gasteiger partial charge is 0.255 e. The first kappa shape index (κ1) is 17.2. The molecule has 1 aromatic heterocycles. The molecule has 1 fully saturated rings. The van der Waals surface area contributed by atoms with Crippen LogP contribution in [0.4, 0.5) is 0 Å². The molecule has 5 rings (SSSR count). The molecule has 1 saturated carbocycles. The minimum Gasteiger partial charge on any atom is -0.457 e. The Morgan fingerprint density at radius 3 is 2.54 bits per heavy atom. The molecule has 5 heteroatoms. The van der Waals surface area contributed by atoms with Crippen LogP contribution in [-0.2, 0) is 19.5 Å². The number of fused-ring (bicyclic) bond motifs is 1. The zero-order chi connectivity index (χ0) is 18.9. The Kier molecular flexibility index (Phi) is 4.45. The van der Waals surface area contributed by atoms with Crippen molar-refractivity contribution in [2.75, 3.05) is 6.54 Å². The highest BCUT2D eigenvalue weighted by atomic mass is 16.5. The number of hydrogen-bond acceptors (Lipinski definition) is 4. The van der Waals surface area contributed by atoms with Crippen molar-refractivity contribution >= 4 is 0 Å². The topological polar surface area (TPSA) is 58.2 Å². The molecule has 0 radical (unpaired) electrons. The van der Waals surface area contributed by atoms with Crippen molar-refractivity contribution in [1.82, 2.24) is 14.9 Å². The molecule has 0 unspecified atom stereocenters. The minimum atomic E-state index is 0.0446. The van der Waals surface area contributed by atoms with Crippen LogP contribution in [-0.4, -0.2) is 21.4 Å². The number of aromatic amines is 1. The number of rotatable bonds is 5. The van der Waals surface area contributed by atoms with Gasteiger partial charge in [0.15, 0.2) is 0 Å². The van der Waals surface area contributed by atoms with E-state index in [4.69, 9.17) is 9.72 Å². The molecule has 0 amide bonds. The van der Waals surface area contributed by atoms with Crippen LogP contribution in [0.2, 0.25) is 0 Å². The van der Waals surface area contributed by atoms with Crippen LogP contribution in [0.1, 0.15) is 41.4 Å². The fraction of sp³-hybridized carbons (Fsp3) is 0.304. The molecule has 28 heavy (non-hydrogen) atoms. The Morgan fingerprint density at radius 1 is 1.04 bits per heavy atom. The van der Waals surface area contributed by atoms with Crippen LogP contribution in [0.5, 0.6) is 11.5 Å². The maximum atomic E-state index is 12.5. The van der Waals surface area contributed by atoms with E-state index in [1.54, 1.807) is 0 Å². The van der Waals surface area contributed by atoms with Gasteiger partial charge in [-0.2, -0.15) is 0 Å². The third-order valence-corrected chi connectivity index (χ3v) is 5.44. The molecule has 0 spiro atoms. The maximum absolute atomic E-state index is 12.5. The molecule has 1 aliphatic heterocycles. The van der Waals surface area contributed by atoms with Crippen LogP contribution in [0.15, 0.2) is 59.4 Å². The summed E-state index contributed by atoms with van der Waals surface area (Å²) in [7, 11) is 0. The second kappa shape index (κ2) is 7.24. The standard InChI is InChI=1S/C23H23N3O2/c27-23-20-15-26(13-12-21(20)24-22(25-23)17-8-9-17)14-16-6-10-19(11-7-16)28-18-4-2-1-3-5-18/h1-7,10-11,17H,8-9,12-15H2,(H,24,25,27). The Hall–Kier alpha value is -2.92. The van der Waals surface area contributed by atoms with Crippen molar-refractivity contribution in [3.63, 3.8) is 0 Å². The summed E-state index contributed by atoms with van der Waals surface area (Å²) in [6, 6.07) is 18.0.